The van der Waals surface area contributed by atoms with Crippen LogP contribution < -0.4 is 4.74 Å². The molecule has 4 nitrogen and oxygen atoms in total. The molecule has 0 radical (unpaired) electrons. The van der Waals surface area contributed by atoms with E-state index < -0.39 is 41.9 Å². The maximum atomic E-state index is 12.8. The monoisotopic (exact) mass is 429 g/mol. The average Bonchev–Trinajstić information content (AvgIpc) is 2.29. The number of nitrogens with zero attached hydrogens (tertiary/aromatic N) is 1. The molecule has 0 aromatic carbocycles. The van der Waals surface area contributed by atoms with Gasteiger partial charge in [-0.05, 0) is 28.7 Å². The second-order valence-corrected chi connectivity index (χ2v) is 4.67. The summed E-state index contributed by atoms with van der Waals surface area (Å²) >= 11 is 1.38. The van der Waals surface area contributed by atoms with Gasteiger partial charge in [0.1, 0.15) is 9.26 Å². The molecule has 1 heterocycles. The third-order valence-electron chi connectivity index (χ3n) is 2.07. The summed E-state index contributed by atoms with van der Waals surface area (Å²) < 4.78 is 82.6. The topological polar surface area (TPSA) is 48.4 Å². The molecule has 0 N–H and O–H groups in total. The number of hydrogen-bond donors (Lipinski definition) is 0. The summed E-state index contributed by atoms with van der Waals surface area (Å²) in [4.78, 5) is 14.6. The number of hydrogen-bond acceptors (Lipinski definition) is 4. The van der Waals surface area contributed by atoms with Gasteiger partial charge in [-0.1, -0.05) is 0 Å². The Hall–Kier alpha value is -1.27. The van der Waals surface area contributed by atoms with Crippen LogP contribution in [0.5, 0.6) is 5.75 Å². The Morgan fingerprint density at radius 2 is 1.86 bits per heavy atom. The molecule has 0 saturated carbocycles. The molecule has 21 heavy (non-hydrogen) atoms. The Balaban J connectivity index is 3.46. The second-order valence-electron chi connectivity index (χ2n) is 3.57. The molecule has 11 heteroatoms. The zero-order valence-electron chi connectivity index (χ0n) is 10.1. The zero-order valence-corrected chi connectivity index (χ0v) is 12.3. The lowest BCUT2D eigenvalue weighted by molar-refractivity contribution is -0.276. The van der Waals surface area contributed by atoms with Crippen molar-refractivity contribution in [2.45, 2.75) is 19.0 Å². The van der Waals surface area contributed by atoms with Gasteiger partial charge in [0.15, 0.2) is 5.75 Å². The van der Waals surface area contributed by atoms with Gasteiger partial charge >= 0.3 is 18.5 Å². The Morgan fingerprint density at radius 3 is 2.29 bits per heavy atom. The molecular formula is C10H6F6INO3. The van der Waals surface area contributed by atoms with Gasteiger partial charge in [0.25, 0.3) is 0 Å². The Kier molecular flexibility index (Phi) is 5.28. The highest BCUT2D eigenvalue weighted by Gasteiger charge is 2.41. The fourth-order valence-corrected chi connectivity index (χ4v) is 1.92. The molecule has 1 aromatic rings. The highest BCUT2D eigenvalue weighted by molar-refractivity contribution is 14.1. The highest BCUT2D eigenvalue weighted by Crippen LogP contribution is 2.40. The molecule has 0 aliphatic heterocycles. The highest BCUT2D eigenvalue weighted by atomic mass is 127. The van der Waals surface area contributed by atoms with Gasteiger partial charge in [-0.25, -0.2) is 4.98 Å². The largest absolute Gasteiger partial charge is 0.573 e. The smallest absolute Gasteiger partial charge is 0.469 e. The molecule has 0 amide bonds. The molecule has 0 aliphatic rings. The molecular weight excluding hydrogens is 423 g/mol. The van der Waals surface area contributed by atoms with Gasteiger partial charge in [-0.15, -0.1) is 13.2 Å². The molecule has 0 fully saturated rings. The third kappa shape index (κ3) is 5.21. The van der Waals surface area contributed by atoms with Crippen LogP contribution in [0.3, 0.4) is 0 Å². The van der Waals surface area contributed by atoms with Gasteiger partial charge in [-0.3, -0.25) is 4.79 Å². The van der Waals surface area contributed by atoms with Gasteiger partial charge in [0.05, 0.1) is 19.2 Å². The summed E-state index contributed by atoms with van der Waals surface area (Å²) in [5, 5.41) is 0. The number of esters is 1. The van der Waals surface area contributed by atoms with Crippen molar-refractivity contribution < 1.29 is 40.6 Å². The predicted octanol–water partition coefficient (Wildman–Crippen LogP) is 3.32. The SMILES string of the molecule is COC(=O)Cc1nc(I)cc(C(F)(F)F)c1OC(F)(F)F. The molecule has 0 bridgehead atoms. The van der Waals surface area contributed by atoms with E-state index in [1.54, 1.807) is 0 Å². The van der Waals surface area contributed by atoms with Crippen molar-refractivity contribution in [2.24, 2.45) is 0 Å². The van der Waals surface area contributed by atoms with Crippen LogP contribution in [0.4, 0.5) is 26.3 Å². The number of carbonyl (C=O) groups excluding carboxylic acids is 1. The number of aromatic nitrogens is 1. The maximum Gasteiger partial charge on any atom is 0.573 e. The Labute approximate surface area is 127 Å². The van der Waals surface area contributed by atoms with Crippen molar-refractivity contribution in [1.29, 1.82) is 0 Å². The first kappa shape index (κ1) is 17.8. The van der Waals surface area contributed by atoms with Crippen molar-refractivity contribution >= 4 is 28.6 Å². The lowest BCUT2D eigenvalue weighted by Crippen LogP contribution is -2.23. The number of ether oxygens (including phenoxy) is 2. The summed E-state index contributed by atoms with van der Waals surface area (Å²) in [5.74, 6) is -2.61. The quantitative estimate of drug-likeness (QED) is 0.320. The minimum atomic E-state index is -5.36. The fraction of sp³-hybridized carbons (Fsp3) is 0.400. The Bertz CT molecular complexity index is 543. The van der Waals surface area contributed by atoms with Crippen LogP contribution >= 0.6 is 22.6 Å². The van der Waals surface area contributed by atoms with E-state index in [0.717, 1.165) is 7.11 Å². The second kappa shape index (κ2) is 6.23. The first-order chi connectivity index (χ1) is 9.44. The standard InChI is InChI=1S/C10H6F6INO3/c1-20-7(19)3-5-8(21-10(14,15)16)4(9(11,12)13)2-6(17)18-5/h2H,3H2,1H3. The lowest BCUT2D eigenvalue weighted by Gasteiger charge is -2.18. The molecule has 118 valence electrons. The van der Waals surface area contributed by atoms with Crippen molar-refractivity contribution in [3.05, 3.63) is 21.0 Å². The number of carbonyl (C=O) groups is 1. The lowest BCUT2D eigenvalue weighted by atomic mass is 10.1. The first-order valence-corrected chi connectivity index (χ1v) is 6.11. The predicted molar refractivity (Wildman–Crippen MR) is 64.4 cm³/mol. The van der Waals surface area contributed by atoms with E-state index in [0.29, 0.717) is 6.07 Å². The van der Waals surface area contributed by atoms with E-state index in [-0.39, 0.29) is 3.70 Å². The average molecular weight is 429 g/mol. The molecule has 0 aliphatic carbocycles. The third-order valence-corrected chi connectivity index (χ3v) is 2.63. The van der Waals surface area contributed by atoms with Crippen LogP contribution in [0, 0.1) is 3.70 Å². The maximum absolute atomic E-state index is 12.8. The summed E-state index contributed by atoms with van der Waals surface area (Å²) in [7, 11) is 0.936. The van der Waals surface area contributed by atoms with Gasteiger partial charge < -0.3 is 9.47 Å². The van der Waals surface area contributed by atoms with Crippen molar-refractivity contribution in [3.8, 4) is 5.75 Å². The van der Waals surface area contributed by atoms with Gasteiger partial charge in [0, 0.05) is 0 Å². The number of rotatable bonds is 3. The molecule has 0 unspecified atom stereocenters. The molecule has 0 atom stereocenters. The summed E-state index contributed by atoms with van der Waals surface area (Å²) in [6.07, 6.45) is -11.4. The van der Waals surface area contributed by atoms with E-state index in [4.69, 9.17) is 0 Å². The zero-order chi connectivity index (χ0) is 16.4. The molecule has 0 saturated heterocycles. The van der Waals surface area contributed by atoms with Crippen molar-refractivity contribution in [3.63, 3.8) is 0 Å². The minimum Gasteiger partial charge on any atom is -0.469 e. The number of methoxy groups -OCH3 is 1. The number of halogens is 7. The van der Waals surface area contributed by atoms with Gasteiger partial charge in [0.2, 0.25) is 0 Å². The first-order valence-electron chi connectivity index (χ1n) is 5.03. The summed E-state index contributed by atoms with van der Waals surface area (Å²) in [6, 6.07) is 0.391. The molecule has 1 rings (SSSR count). The minimum absolute atomic E-state index is 0.242. The van der Waals surface area contributed by atoms with E-state index in [9.17, 15) is 31.1 Å². The van der Waals surface area contributed by atoms with Crippen LogP contribution in [0.2, 0.25) is 0 Å². The number of alkyl halides is 6. The van der Waals surface area contributed by atoms with E-state index >= 15 is 0 Å². The van der Waals surface area contributed by atoms with Crippen LogP contribution in [0.15, 0.2) is 6.07 Å². The fourth-order valence-electron chi connectivity index (χ4n) is 1.32. The van der Waals surface area contributed by atoms with E-state index in [1.807, 2.05) is 0 Å². The van der Waals surface area contributed by atoms with Gasteiger partial charge in [-0.2, -0.15) is 13.2 Å². The van der Waals surface area contributed by atoms with Crippen LogP contribution in [0.1, 0.15) is 11.3 Å². The van der Waals surface area contributed by atoms with Crippen molar-refractivity contribution in [2.75, 3.05) is 7.11 Å². The summed E-state index contributed by atoms with van der Waals surface area (Å²) in [5.41, 5.74) is -2.48. The van der Waals surface area contributed by atoms with E-state index in [1.165, 1.54) is 22.6 Å². The van der Waals surface area contributed by atoms with Crippen LogP contribution in [-0.4, -0.2) is 24.4 Å². The Morgan fingerprint density at radius 1 is 1.29 bits per heavy atom. The van der Waals surface area contributed by atoms with Crippen LogP contribution in [0.25, 0.3) is 0 Å². The molecule has 0 spiro atoms. The van der Waals surface area contributed by atoms with Crippen molar-refractivity contribution in [1.82, 2.24) is 4.98 Å². The normalized spacial score (nSPS) is 12.2. The van der Waals surface area contributed by atoms with E-state index in [2.05, 4.69) is 14.5 Å². The number of pyridine rings is 1. The molecule has 1 aromatic heterocycles. The van der Waals surface area contributed by atoms with Crippen LogP contribution in [-0.2, 0) is 22.1 Å². The summed E-state index contributed by atoms with van der Waals surface area (Å²) in [6.45, 7) is 0.